The van der Waals surface area contributed by atoms with Crippen molar-refractivity contribution >= 4 is 40.7 Å². The van der Waals surface area contributed by atoms with Crippen LogP contribution in [0.4, 0.5) is 5.69 Å². The summed E-state index contributed by atoms with van der Waals surface area (Å²) in [6.07, 6.45) is 3.34. The van der Waals surface area contributed by atoms with Gasteiger partial charge in [0.05, 0.1) is 5.69 Å². The Morgan fingerprint density at radius 3 is 2.79 bits per heavy atom. The number of thioether (sulfide) groups is 1. The Labute approximate surface area is 157 Å². The highest BCUT2D eigenvalue weighted by Crippen LogP contribution is 2.49. The van der Waals surface area contributed by atoms with Crippen molar-refractivity contribution in [2.75, 3.05) is 31.3 Å². The Bertz CT molecular complexity index is 793. The molecule has 2 unspecified atom stereocenters. The SMILES string of the molecule is CSc1cc(-c2ccc(Cl)cc2Cl)cc2c1N(C)C1CCNCC21. The molecule has 2 aromatic rings. The summed E-state index contributed by atoms with van der Waals surface area (Å²) < 4.78 is 0. The zero-order chi connectivity index (χ0) is 16.8. The van der Waals surface area contributed by atoms with Crippen LogP contribution in [0.15, 0.2) is 35.2 Å². The normalized spacial score (nSPS) is 22.4. The Kier molecular flexibility index (Phi) is 4.46. The van der Waals surface area contributed by atoms with Gasteiger partial charge in [0.25, 0.3) is 0 Å². The van der Waals surface area contributed by atoms with E-state index < -0.39 is 0 Å². The van der Waals surface area contributed by atoms with Crippen LogP contribution in [-0.4, -0.2) is 32.4 Å². The number of nitrogens with one attached hydrogen (secondary N) is 1. The van der Waals surface area contributed by atoms with Crippen LogP contribution in [0.5, 0.6) is 0 Å². The predicted molar refractivity (Wildman–Crippen MR) is 106 cm³/mol. The summed E-state index contributed by atoms with van der Waals surface area (Å²) in [6, 6.07) is 10.9. The molecule has 0 radical (unpaired) electrons. The molecule has 126 valence electrons. The van der Waals surface area contributed by atoms with Crippen molar-refractivity contribution in [2.45, 2.75) is 23.3 Å². The average molecular weight is 379 g/mol. The number of rotatable bonds is 2. The van der Waals surface area contributed by atoms with E-state index in [9.17, 15) is 0 Å². The number of hydrogen-bond acceptors (Lipinski definition) is 3. The number of fused-ring (bicyclic) bond motifs is 3. The summed E-state index contributed by atoms with van der Waals surface area (Å²) in [6.45, 7) is 2.15. The number of nitrogens with zero attached hydrogens (tertiary/aromatic N) is 1. The van der Waals surface area contributed by atoms with Gasteiger partial charge in [0.1, 0.15) is 0 Å². The van der Waals surface area contributed by atoms with Crippen LogP contribution in [0.1, 0.15) is 17.9 Å². The fourth-order valence-electron chi connectivity index (χ4n) is 4.12. The van der Waals surface area contributed by atoms with Gasteiger partial charge in [-0.3, -0.25) is 0 Å². The highest BCUT2D eigenvalue weighted by Gasteiger charge is 2.39. The standard InChI is InChI=1S/C19H20Cl2N2S/c1-23-17-5-6-22-10-15(17)14-7-11(8-18(24-2)19(14)23)13-4-3-12(20)9-16(13)21/h3-4,7-9,15,17,22H,5-6,10H2,1-2H3. The number of piperidine rings is 1. The molecule has 0 amide bonds. The third-order valence-electron chi connectivity index (χ3n) is 5.26. The van der Waals surface area contributed by atoms with Gasteiger partial charge in [0, 0.05) is 46.1 Å². The minimum atomic E-state index is 0.552. The van der Waals surface area contributed by atoms with E-state index in [1.807, 2.05) is 30.0 Å². The van der Waals surface area contributed by atoms with Crippen LogP contribution in [0, 0.1) is 0 Å². The smallest absolute Gasteiger partial charge is 0.0541 e. The minimum absolute atomic E-state index is 0.552. The maximum atomic E-state index is 6.46. The van der Waals surface area contributed by atoms with Gasteiger partial charge in [-0.15, -0.1) is 11.8 Å². The summed E-state index contributed by atoms with van der Waals surface area (Å²) in [5.41, 5.74) is 5.08. The second-order valence-corrected chi connectivity index (χ2v) is 8.21. The fraction of sp³-hybridized carbons (Fsp3) is 0.368. The molecule has 0 spiro atoms. The second kappa shape index (κ2) is 6.45. The van der Waals surface area contributed by atoms with Gasteiger partial charge in [0.2, 0.25) is 0 Å². The number of hydrogen-bond donors (Lipinski definition) is 1. The highest BCUT2D eigenvalue weighted by molar-refractivity contribution is 7.98. The van der Waals surface area contributed by atoms with Gasteiger partial charge in [-0.05, 0) is 54.6 Å². The third kappa shape index (κ3) is 2.62. The molecular weight excluding hydrogens is 359 g/mol. The van der Waals surface area contributed by atoms with Crippen molar-refractivity contribution in [3.63, 3.8) is 0 Å². The molecule has 24 heavy (non-hydrogen) atoms. The fourth-order valence-corrected chi connectivity index (χ4v) is 5.33. The molecule has 2 atom stereocenters. The number of halogens is 2. The maximum absolute atomic E-state index is 6.46. The molecule has 1 saturated heterocycles. The lowest BCUT2D eigenvalue weighted by molar-refractivity contribution is 0.413. The van der Waals surface area contributed by atoms with E-state index in [-0.39, 0.29) is 0 Å². The summed E-state index contributed by atoms with van der Waals surface area (Å²) >= 11 is 14.3. The number of benzene rings is 2. The van der Waals surface area contributed by atoms with Gasteiger partial charge in [-0.1, -0.05) is 29.3 Å². The molecule has 2 heterocycles. The van der Waals surface area contributed by atoms with E-state index >= 15 is 0 Å². The molecule has 0 saturated carbocycles. The maximum Gasteiger partial charge on any atom is 0.0541 e. The van der Waals surface area contributed by atoms with Crippen molar-refractivity contribution in [1.29, 1.82) is 0 Å². The minimum Gasteiger partial charge on any atom is -0.370 e. The zero-order valence-electron chi connectivity index (χ0n) is 13.8. The molecule has 1 N–H and O–H groups in total. The largest absolute Gasteiger partial charge is 0.370 e. The molecular formula is C19H20Cl2N2S. The molecule has 4 rings (SSSR count). The highest BCUT2D eigenvalue weighted by atomic mass is 35.5. The van der Waals surface area contributed by atoms with Gasteiger partial charge in [-0.2, -0.15) is 0 Å². The molecule has 2 aliphatic heterocycles. The Balaban J connectivity index is 1.88. The van der Waals surface area contributed by atoms with Gasteiger partial charge < -0.3 is 10.2 Å². The van der Waals surface area contributed by atoms with Crippen molar-refractivity contribution in [1.82, 2.24) is 5.32 Å². The quantitative estimate of drug-likeness (QED) is 0.715. The van der Waals surface area contributed by atoms with Crippen LogP contribution >= 0.6 is 35.0 Å². The zero-order valence-corrected chi connectivity index (χ0v) is 16.1. The van der Waals surface area contributed by atoms with Crippen molar-refractivity contribution < 1.29 is 0 Å². The lowest BCUT2D eigenvalue weighted by Crippen LogP contribution is -2.42. The second-order valence-electron chi connectivity index (χ2n) is 6.52. The Morgan fingerprint density at radius 2 is 2.04 bits per heavy atom. The van der Waals surface area contributed by atoms with E-state index in [2.05, 4.69) is 35.7 Å². The summed E-state index contributed by atoms with van der Waals surface area (Å²) in [4.78, 5) is 3.81. The third-order valence-corrected chi connectivity index (χ3v) is 6.56. The predicted octanol–water partition coefficient (Wildman–Crippen LogP) is 5.28. The average Bonchev–Trinajstić information content (AvgIpc) is 2.87. The summed E-state index contributed by atoms with van der Waals surface area (Å²) in [7, 11) is 2.24. The number of anilines is 1. The summed E-state index contributed by atoms with van der Waals surface area (Å²) in [5, 5.41) is 4.94. The van der Waals surface area contributed by atoms with E-state index in [0.717, 1.165) is 18.7 Å². The van der Waals surface area contributed by atoms with E-state index in [0.29, 0.717) is 22.0 Å². The van der Waals surface area contributed by atoms with Crippen LogP contribution < -0.4 is 10.2 Å². The monoisotopic (exact) mass is 378 g/mol. The Hall–Kier alpha value is -0.870. The molecule has 5 heteroatoms. The van der Waals surface area contributed by atoms with E-state index in [4.69, 9.17) is 23.2 Å². The first-order chi connectivity index (χ1) is 11.6. The summed E-state index contributed by atoms with van der Waals surface area (Å²) in [5.74, 6) is 0.552. The lowest BCUT2D eigenvalue weighted by Gasteiger charge is -2.31. The molecule has 2 aliphatic rings. The van der Waals surface area contributed by atoms with Crippen LogP contribution in [-0.2, 0) is 0 Å². The van der Waals surface area contributed by atoms with Crippen LogP contribution in [0.2, 0.25) is 10.0 Å². The Morgan fingerprint density at radius 1 is 1.21 bits per heavy atom. The van der Waals surface area contributed by atoms with Gasteiger partial charge in [-0.25, -0.2) is 0 Å². The lowest BCUT2D eigenvalue weighted by atomic mass is 9.89. The molecule has 1 fully saturated rings. The molecule has 0 bridgehead atoms. The molecule has 0 aliphatic carbocycles. The topological polar surface area (TPSA) is 15.3 Å². The van der Waals surface area contributed by atoms with Gasteiger partial charge in [0.15, 0.2) is 0 Å². The first-order valence-corrected chi connectivity index (χ1v) is 10.2. The first-order valence-electron chi connectivity index (χ1n) is 8.21. The van der Waals surface area contributed by atoms with Crippen molar-refractivity contribution in [2.24, 2.45) is 0 Å². The molecule has 2 aromatic carbocycles. The van der Waals surface area contributed by atoms with E-state index in [1.54, 1.807) is 0 Å². The van der Waals surface area contributed by atoms with Gasteiger partial charge >= 0.3 is 0 Å². The molecule has 2 nitrogen and oxygen atoms in total. The molecule has 0 aromatic heterocycles. The first kappa shape index (κ1) is 16.6. The van der Waals surface area contributed by atoms with E-state index in [1.165, 1.54) is 28.1 Å². The van der Waals surface area contributed by atoms with Crippen LogP contribution in [0.3, 0.4) is 0 Å². The number of likely N-dealkylation sites (N-methyl/N-ethyl adjacent to an activating group) is 1. The van der Waals surface area contributed by atoms with Crippen molar-refractivity contribution in [3.8, 4) is 11.1 Å². The van der Waals surface area contributed by atoms with Crippen LogP contribution in [0.25, 0.3) is 11.1 Å². The van der Waals surface area contributed by atoms with Crippen molar-refractivity contribution in [3.05, 3.63) is 45.9 Å².